The zero-order chi connectivity index (χ0) is 16.4. The molecule has 2 heterocycles. The number of nitrogens with one attached hydrogen (secondary N) is 2. The Balaban J connectivity index is 1.74. The Morgan fingerprint density at radius 1 is 1.09 bits per heavy atom. The van der Waals surface area contributed by atoms with Crippen LogP contribution >= 0.6 is 0 Å². The number of aromatic amines is 1. The Morgan fingerprint density at radius 3 is 2.30 bits per heavy atom. The van der Waals surface area contributed by atoms with Gasteiger partial charge in [-0.1, -0.05) is 20.8 Å². The van der Waals surface area contributed by atoms with E-state index >= 15 is 0 Å². The lowest BCUT2D eigenvalue weighted by Gasteiger charge is -2.18. The summed E-state index contributed by atoms with van der Waals surface area (Å²) in [5.41, 5.74) is 2.02. The van der Waals surface area contributed by atoms with E-state index in [9.17, 15) is 4.79 Å². The van der Waals surface area contributed by atoms with Crippen LogP contribution in [0.4, 0.5) is 17.3 Å². The molecule has 1 aromatic heterocycles. The lowest BCUT2D eigenvalue weighted by atomic mass is 9.93. The fraction of sp³-hybridized carbons (Fsp3) is 0.471. The molecule has 0 radical (unpaired) electrons. The average molecular weight is 313 g/mol. The number of H-pyrrole nitrogens is 1. The van der Waals surface area contributed by atoms with Crippen molar-refractivity contribution in [1.82, 2.24) is 15.2 Å². The van der Waals surface area contributed by atoms with Crippen molar-refractivity contribution in [3.63, 3.8) is 0 Å². The van der Waals surface area contributed by atoms with Crippen LogP contribution in [0.2, 0.25) is 0 Å². The van der Waals surface area contributed by atoms with Crippen LogP contribution in [0.25, 0.3) is 0 Å². The summed E-state index contributed by atoms with van der Waals surface area (Å²) in [4.78, 5) is 17.2. The molecule has 1 aliphatic rings. The number of aromatic nitrogens is 3. The summed E-state index contributed by atoms with van der Waals surface area (Å²) in [7, 11) is 0. The first-order chi connectivity index (χ1) is 10.9. The molecule has 1 aliphatic heterocycles. The summed E-state index contributed by atoms with van der Waals surface area (Å²) in [6.07, 6.45) is 2.52. The Morgan fingerprint density at radius 2 is 1.74 bits per heavy atom. The van der Waals surface area contributed by atoms with E-state index < -0.39 is 0 Å². The summed E-state index contributed by atoms with van der Waals surface area (Å²) in [6.45, 7) is 8.07. The first-order valence-corrected chi connectivity index (χ1v) is 8.03. The Labute approximate surface area is 136 Å². The Hall–Kier alpha value is -2.37. The second-order valence-corrected chi connectivity index (χ2v) is 6.97. The number of hydrogen-bond donors (Lipinski definition) is 2. The van der Waals surface area contributed by atoms with E-state index in [0.29, 0.717) is 11.6 Å². The lowest BCUT2D eigenvalue weighted by molar-refractivity contribution is 0.547. The van der Waals surface area contributed by atoms with Gasteiger partial charge in [-0.05, 0) is 37.1 Å². The van der Waals surface area contributed by atoms with E-state index in [2.05, 4.69) is 37.5 Å². The highest BCUT2D eigenvalue weighted by atomic mass is 16.1. The normalized spacial score (nSPS) is 15.0. The van der Waals surface area contributed by atoms with Gasteiger partial charge in [0, 0.05) is 29.9 Å². The number of benzene rings is 1. The first-order valence-electron chi connectivity index (χ1n) is 8.03. The van der Waals surface area contributed by atoms with E-state index in [-0.39, 0.29) is 11.0 Å². The monoisotopic (exact) mass is 313 g/mol. The molecule has 1 fully saturated rings. The van der Waals surface area contributed by atoms with Gasteiger partial charge >= 0.3 is 0 Å². The van der Waals surface area contributed by atoms with Gasteiger partial charge in [0.15, 0.2) is 0 Å². The first kappa shape index (κ1) is 15.5. The van der Waals surface area contributed by atoms with E-state index in [0.717, 1.165) is 18.8 Å². The largest absolute Gasteiger partial charge is 0.372 e. The lowest BCUT2D eigenvalue weighted by Crippen LogP contribution is -2.28. The van der Waals surface area contributed by atoms with E-state index in [1.807, 2.05) is 32.9 Å². The second-order valence-electron chi connectivity index (χ2n) is 6.97. The molecule has 0 spiro atoms. The molecule has 122 valence electrons. The molecular formula is C17H23N5O. The highest BCUT2D eigenvalue weighted by Gasteiger charge is 2.20. The maximum atomic E-state index is 12.1. The highest BCUT2D eigenvalue weighted by molar-refractivity contribution is 5.59. The summed E-state index contributed by atoms with van der Waals surface area (Å²) in [6, 6.07) is 8.15. The molecule has 1 saturated heterocycles. The van der Waals surface area contributed by atoms with Crippen molar-refractivity contribution in [3.8, 4) is 0 Å². The smallest absolute Gasteiger partial charge is 0.274 e. The average Bonchev–Trinajstić information content (AvgIpc) is 3.01. The Bertz CT molecular complexity index is 724. The van der Waals surface area contributed by atoms with Gasteiger partial charge in [0.2, 0.25) is 5.95 Å². The van der Waals surface area contributed by atoms with Crippen molar-refractivity contribution in [2.24, 2.45) is 0 Å². The fourth-order valence-corrected chi connectivity index (χ4v) is 2.75. The summed E-state index contributed by atoms with van der Waals surface area (Å²) < 4.78 is 0. The topological polar surface area (TPSA) is 73.9 Å². The summed E-state index contributed by atoms with van der Waals surface area (Å²) in [5.74, 6) is 0.358. The van der Waals surface area contributed by atoms with Crippen molar-refractivity contribution in [2.75, 3.05) is 23.3 Å². The molecule has 6 nitrogen and oxygen atoms in total. The number of hydrogen-bond acceptors (Lipinski definition) is 5. The minimum absolute atomic E-state index is 0.205. The second kappa shape index (κ2) is 6.02. The van der Waals surface area contributed by atoms with Gasteiger partial charge in [0.05, 0.1) is 0 Å². The summed E-state index contributed by atoms with van der Waals surface area (Å²) in [5, 5.41) is 11.2. The quantitative estimate of drug-likeness (QED) is 0.911. The molecule has 0 amide bonds. The molecule has 6 heteroatoms. The van der Waals surface area contributed by atoms with Crippen molar-refractivity contribution in [3.05, 3.63) is 40.3 Å². The fourth-order valence-electron chi connectivity index (χ4n) is 2.75. The van der Waals surface area contributed by atoms with Crippen LogP contribution < -0.4 is 15.8 Å². The van der Waals surface area contributed by atoms with Gasteiger partial charge in [-0.2, -0.15) is 0 Å². The van der Waals surface area contributed by atoms with Crippen LogP contribution in [0.1, 0.15) is 39.3 Å². The predicted molar refractivity (Wildman–Crippen MR) is 92.5 cm³/mol. The molecule has 2 N–H and O–H groups in total. The molecule has 2 aromatic rings. The van der Waals surface area contributed by atoms with Gasteiger partial charge in [-0.15, -0.1) is 10.2 Å². The summed E-state index contributed by atoms with van der Waals surface area (Å²) >= 11 is 0. The number of anilines is 3. The van der Waals surface area contributed by atoms with Crippen molar-refractivity contribution >= 4 is 17.3 Å². The molecule has 0 bridgehead atoms. The zero-order valence-electron chi connectivity index (χ0n) is 13.9. The molecule has 0 atom stereocenters. The number of rotatable bonds is 3. The van der Waals surface area contributed by atoms with Crippen LogP contribution in [-0.2, 0) is 5.41 Å². The molecule has 0 saturated carbocycles. The van der Waals surface area contributed by atoms with Gasteiger partial charge in [-0.3, -0.25) is 9.78 Å². The third-order valence-electron chi connectivity index (χ3n) is 4.01. The molecule has 1 aromatic carbocycles. The maximum absolute atomic E-state index is 12.1. The third kappa shape index (κ3) is 3.52. The van der Waals surface area contributed by atoms with Crippen molar-refractivity contribution in [2.45, 2.75) is 39.0 Å². The highest BCUT2D eigenvalue weighted by Crippen LogP contribution is 2.23. The third-order valence-corrected chi connectivity index (χ3v) is 4.01. The Kier molecular flexibility index (Phi) is 4.07. The van der Waals surface area contributed by atoms with Crippen LogP contribution in [0.15, 0.2) is 29.1 Å². The maximum Gasteiger partial charge on any atom is 0.274 e. The minimum atomic E-state index is -0.323. The van der Waals surface area contributed by atoms with Crippen LogP contribution in [0.3, 0.4) is 0 Å². The van der Waals surface area contributed by atoms with Crippen molar-refractivity contribution in [1.29, 1.82) is 0 Å². The molecular weight excluding hydrogens is 290 g/mol. The molecule has 23 heavy (non-hydrogen) atoms. The van der Waals surface area contributed by atoms with E-state index in [1.54, 1.807) is 0 Å². The SMILES string of the molecule is CC(C)(C)c1nnc(Nc2ccc(N3CCCC3)cc2)[nH]c1=O. The van der Waals surface area contributed by atoms with E-state index in [4.69, 9.17) is 0 Å². The van der Waals surface area contributed by atoms with Gasteiger partial charge in [-0.25, -0.2) is 0 Å². The van der Waals surface area contributed by atoms with Crippen LogP contribution in [-0.4, -0.2) is 28.3 Å². The van der Waals surface area contributed by atoms with Gasteiger partial charge in [0.1, 0.15) is 5.69 Å². The predicted octanol–water partition coefficient (Wildman–Crippen LogP) is 2.81. The van der Waals surface area contributed by atoms with E-state index in [1.165, 1.54) is 18.5 Å². The van der Waals surface area contributed by atoms with Gasteiger partial charge in [0.25, 0.3) is 5.56 Å². The van der Waals surface area contributed by atoms with Crippen LogP contribution in [0.5, 0.6) is 0 Å². The zero-order valence-corrected chi connectivity index (χ0v) is 13.9. The molecule has 0 unspecified atom stereocenters. The molecule has 3 rings (SSSR count). The van der Waals surface area contributed by atoms with Crippen LogP contribution in [0, 0.1) is 0 Å². The number of nitrogens with zero attached hydrogens (tertiary/aromatic N) is 3. The minimum Gasteiger partial charge on any atom is -0.372 e. The standard InChI is InChI=1S/C17H23N5O/c1-17(2,3)14-15(23)19-16(21-20-14)18-12-6-8-13(9-7-12)22-10-4-5-11-22/h6-9H,4-5,10-11H2,1-3H3,(H2,18,19,21,23). The van der Waals surface area contributed by atoms with Crippen molar-refractivity contribution < 1.29 is 0 Å². The van der Waals surface area contributed by atoms with Gasteiger partial charge < -0.3 is 10.2 Å². The molecule has 0 aliphatic carbocycles.